The van der Waals surface area contributed by atoms with Crippen LogP contribution in [0.15, 0.2) is 56.1 Å². The second kappa shape index (κ2) is 7.27. The molecule has 3 heterocycles. The van der Waals surface area contributed by atoms with Crippen molar-refractivity contribution in [2.45, 2.75) is 9.92 Å². The summed E-state index contributed by atoms with van der Waals surface area (Å²) in [6.07, 6.45) is 0. The number of hydrogen-bond acceptors (Lipinski definition) is 7. The van der Waals surface area contributed by atoms with Crippen LogP contribution in [0, 0.1) is 0 Å². The zero-order chi connectivity index (χ0) is 19.0. The molecule has 0 radical (unpaired) electrons. The standard InChI is InChI=1S/C18H18ClN3O3S2/c1-21-8-10-22(11-9-21)18-17(20-16(25-18)15-3-2-12-26-15)27(23,24)14-6-4-13(19)5-7-14/h2-7,12H,8-11H2,1H3. The molecule has 27 heavy (non-hydrogen) atoms. The third-order valence-corrected chi connectivity index (χ3v) is 7.26. The second-order valence-electron chi connectivity index (χ2n) is 6.35. The molecule has 142 valence electrons. The molecule has 1 aromatic carbocycles. The Balaban J connectivity index is 1.81. The van der Waals surface area contributed by atoms with Crippen LogP contribution in [0.3, 0.4) is 0 Å². The number of piperazine rings is 1. The summed E-state index contributed by atoms with van der Waals surface area (Å²) in [5.74, 6) is 0.632. The maximum atomic E-state index is 13.3. The average molecular weight is 424 g/mol. The second-order valence-corrected chi connectivity index (χ2v) is 9.60. The first kappa shape index (κ1) is 18.5. The highest BCUT2D eigenvalue weighted by Gasteiger charge is 2.32. The summed E-state index contributed by atoms with van der Waals surface area (Å²) in [6.45, 7) is 3.02. The first-order valence-electron chi connectivity index (χ1n) is 8.44. The number of benzene rings is 1. The average Bonchev–Trinajstić information content (AvgIpc) is 3.33. The van der Waals surface area contributed by atoms with Crippen LogP contribution in [0.5, 0.6) is 0 Å². The van der Waals surface area contributed by atoms with Crippen molar-refractivity contribution in [3.8, 4) is 10.8 Å². The Kier molecular flexibility index (Phi) is 4.98. The molecule has 1 saturated heterocycles. The van der Waals surface area contributed by atoms with E-state index in [1.807, 2.05) is 29.5 Å². The predicted octanol–water partition coefficient (Wildman–Crippen LogP) is 3.64. The normalized spacial score (nSPS) is 16.0. The topological polar surface area (TPSA) is 66.7 Å². The maximum absolute atomic E-state index is 13.3. The molecule has 0 aliphatic carbocycles. The van der Waals surface area contributed by atoms with Crippen LogP contribution < -0.4 is 4.90 Å². The Hall–Kier alpha value is -1.87. The highest BCUT2D eigenvalue weighted by atomic mass is 35.5. The van der Waals surface area contributed by atoms with Crippen molar-refractivity contribution in [1.29, 1.82) is 0 Å². The monoisotopic (exact) mass is 423 g/mol. The number of hydrogen-bond donors (Lipinski definition) is 0. The first-order valence-corrected chi connectivity index (χ1v) is 11.2. The molecule has 0 bridgehead atoms. The van der Waals surface area contributed by atoms with Crippen molar-refractivity contribution in [1.82, 2.24) is 9.88 Å². The molecule has 6 nitrogen and oxygen atoms in total. The summed E-state index contributed by atoms with van der Waals surface area (Å²) in [4.78, 5) is 9.47. The van der Waals surface area contributed by atoms with Gasteiger partial charge >= 0.3 is 0 Å². The Morgan fingerprint density at radius 1 is 1.11 bits per heavy atom. The van der Waals surface area contributed by atoms with Gasteiger partial charge in [0.1, 0.15) is 0 Å². The summed E-state index contributed by atoms with van der Waals surface area (Å²) in [5, 5.41) is 2.34. The molecular formula is C18H18ClN3O3S2. The van der Waals surface area contributed by atoms with Crippen LogP contribution in [0.2, 0.25) is 5.02 Å². The van der Waals surface area contributed by atoms with Gasteiger partial charge in [0.05, 0.1) is 9.77 Å². The van der Waals surface area contributed by atoms with E-state index in [2.05, 4.69) is 9.88 Å². The van der Waals surface area contributed by atoms with E-state index >= 15 is 0 Å². The van der Waals surface area contributed by atoms with Crippen LogP contribution in [0.25, 0.3) is 10.8 Å². The van der Waals surface area contributed by atoms with Crippen LogP contribution in [-0.4, -0.2) is 51.5 Å². The number of rotatable bonds is 4. The lowest BCUT2D eigenvalue weighted by atomic mass is 10.3. The Morgan fingerprint density at radius 2 is 1.81 bits per heavy atom. The fourth-order valence-electron chi connectivity index (χ4n) is 2.91. The molecule has 0 saturated carbocycles. The number of oxazole rings is 1. The van der Waals surface area contributed by atoms with E-state index in [0.29, 0.717) is 29.9 Å². The van der Waals surface area contributed by atoms with E-state index in [1.165, 1.54) is 23.5 Å². The predicted molar refractivity (Wildman–Crippen MR) is 106 cm³/mol. The fraction of sp³-hybridized carbons (Fsp3) is 0.278. The van der Waals surface area contributed by atoms with Crippen molar-refractivity contribution < 1.29 is 12.8 Å². The van der Waals surface area contributed by atoms with Crippen LogP contribution in [0.1, 0.15) is 0 Å². The van der Waals surface area contributed by atoms with Crippen LogP contribution in [0.4, 0.5) is 5.88 Å². The maximum Gasteiger partial charge on any atom is 0.240 e. The largest absolute Gasteiger partial charge is 0.418 e. The number of anilines is 1. The SMILES string of the molecule is CN1CCN(c2oc(-c3cccs3)nc2S(=O)(=O)c2ccc(Cl)cc2)CC1. The quantitative estimate of drug-likeness (QED) is 0.638. The summed E-state index contributed by atoms with van der Waals surface area (Å²) in [6, 6.07) is 9.85. The smallest absolute Gasteiger partial charge is 0.240 e. The Bertz CT molecular complexity index is 1020. The van der Waals surface area contributed by atoms with E-state index in [9.17, 15) is 8.42 Å². The molecule has 1 aliphatic heterocycles. The number of sulfone groups is 1. The van der Waals surface area contributed by atoms with Crippen molar-refractivity contribution in [2.75, 3.05) is 38.1 Å². The fourth-order valence-corrected chi connectivity index (χ4v) is 5.01. The molecule has 1 aliphatic rings. The zero-order valence-electron chi connectivity index (χ0n) is 14.6. The van der Waals surface area contributed by atoms with Crippen molar-refractivity contribution >= 4 is 38.7 Å². The number of likely N-dealkylation sites (N-methyl/N-ethyl adjacent to an activating group) is 1. The highest BCUT2D eigenvalue weighted by molar-refractivity contribution is 7.91. The van der Waals surface area contributed by atoms with Gasteiger partial charge in [0.2, 0.25) is 26.6 Å². The molecule has 0 spiro atoms. The van der Waals surface area contributed by atoms with Gasteiger partial charge in [0, 0.05) is 31.2 Å². The molecule has 0 N–H and O–H groups in total. The van der Waals surface area contributed by atoms with Crippen LogP contribution >= 0.6 is 22.9 Å². The van der Waals surface area contributed by atoms with Gasteiger partial charge in [-0.15, -0.1) is 11.3 Å². The Morgan fingerprint density at radius 3 is 2.44 bits per heavy atom. The first-order chi connectivity index (χ1) is 12.9. The lowest BCUT2D eigenvalue weighted by Crippen LogP contribution is -2.44. The molecule has 3 aromatic rings. The van der Waals surface area contributed by atoms with Gasteiger partial charge in [-0.25, -0.2) is 8.42 Å². The van der Waals surface area contributed by atoms with Crippen LogP contribution in [-0.2, 0) is 9.84 Å². The minimum Gasteiger partial charge on any atom is -0.418 e. The van der Waals surface area contributed by atoms with E-state index in [1.54, 1.807) is 12.1 Å². The summed E-state index contributed by atoms with van der Waals surface area (Å²) in [7, 11) is -1.79. The number of aromatic nitrogens is 1. The van der Waals surface area contributed by atoms with E-state index < -0.39 is 9.84 Å². The summed E-state index contributed by atoms with van der Waals surface area (Å²) >= 11 is 7.36. The lowest BCUT2D eigenvalue weighted by molar-refractivity contribution is 0.305. The van der Waals surface area contributed by atoms with Crippen molar-refractivity contribution in [3.63, 3.8) is 0 Å². The minimum atomic E-state index is -3.83. The third kappa shape index (κ3) is 3.62. The number of nitrogens with zero attached hydrogens (tertiary/aromatic N) is 3. The zero-order valence-corrected chi connectivity index (χ0v) is 17.0. The van der Waals surface area contributed by atoms with Gasteiger partial charge in [0.15, 0.2) is 0 Å². The summed E-state index contributed by atoms with van der Waals surface area (Å²) < 4.78 is 32.5. The van der Waals surface area contributed by atoms with E-state index in [4.69, 9.17) is 16.0 Å². The lowest BCUT2D eigenvalue weighted by Gasteiger charge is -2.32. The van der Waals surface area contributed by atoms with Crippen molar-refractivity contribution in [3.05, 3.63) is 46.8 Å². The molecule has 2 aromatic heterocycles. The van der Waals surface area contributed by atoms with Gasteiger partial charge in [-0.3, -0.25) is 0 Å². The molecular weight excluding hydrogens is 406 g/mol. The van der Waals surface area contributed by atoms with Gasteiger partial charge in [-0.2, -0.15) is 4.98 Å². The Labute approximate surface area is 166 Å². The van der Waals surface area contributed by atoms with Crippen molar-refractivity contribution in [2.24, 2.45) is 0 Å². The van der Waals surface area contributed by atoms with Gasteiger partial charge in [-0.05, 0) is 42.8 Å². The minimum absolute atomic E-state index is 0.0437. The third-order valence-electron chi connectivity index (χ3n) is 4.48. The molecule has 0 unspecified atom stereocenters. The molecule has 0 amide bonds. The summed E-state index contributed by atoms with van der Waals surface area (Å²) in [5.41, 5.74) is 0. The molecule has 4 rings (SSSR count). The van der Waals surface area contributed by atoms with E-state index in [-0.39, 0.29) is 9.92 Å². The molecule has 0 atom stereocenters. The van der Waals surface area contributed by atoms with Gasteiger partial charge in [-0.1, -0.05) is 17.7 Å². The molecule has 1 fully saturated rings. The number of halogens is 1. The van der Waals surface area contributed by atoms with Gasteiger partial charge < -0.3 is 14.2 Å². The number of thiophene rings is 1. The van der Waals surface area contributed by atoms with Gasteiger partial charge in [0.25, 0.3) is 0 Å². The van der Waals surface area contributed by atoms with E-state index in [0.717, 1.165) is 18.0 Å². The molecule has 9 heteroatoms. The highest BCUT2D eigenvalue weighted by Crippen LogP contribution is 2.36.